The highest BCUT2D eigenvalue weighted by Crippen LogP contribution is 2.47. The minimum absolute atomic E-state index is 0.0498. The number of morpholine rings is 1. The van der Waals surface area contributed by atoms with Crippen molar-refractivity contribution in [3.05, 3.63) is 6.33 Å². The van der Waals surface area contributed by atoms with Crippen LogP contribution in [0.15, 0.2) is 6.33 Å². The lowest BCUT2D eigenvalue weighted by Crippen LogP contribution is -2.36. The number of nitrogens with two attached hydrogens (primary N) is 2. The molecule has 2 fully saturated rings. The third kappa shape index (κ3) is 3.69. The standard InChI is InChI=1S/C14H22N7O7P/c15-11-8-12(18-6-17-11)21(14(16)19-8)13-10(23)9(22)7(28-13)5-27-29(24,25)20-1-3-26-4-2-20/h6-7,9-10,13,22-23H,1-5H2,(H2,16,19)(H,24,25)(H2,15,17,18)/t7-,9-,10-,13-/m1/s1. The summed E-state index contributed by atoms with van der Waals surface area (Å²) >= 11 is 0. The topological polar surface area (TPSA) is 204 Å². The van der Waals surface area contributed by atoms with Crippen LogP contribution in [-0.4, -0.2) is 90.5 Å². The maximum absolute atomic E-state index is 12.4. The summed E-state index contributed by atoms with van der Waals surface area (Å²) in [5, 5.41) is 20.8. The van der Waals surface area contributed by atoms with Gasteiger partial charge in [-0.3, -0.25) is 9.09 Å². The van der Waals surface area contributed by atoms with Crippen LogP contribution >= 0.6 is 7.75 Å². The summed E-state index contributed by atoms with van der Waals surface area (Å²) < 4.78 is 31.0. The van der Waals surface area contributed by atoms with Gasteiger partial charge >= 0.3 is 7.75 Å². The van der Waals surface area contributed by atoms with Crippen molar-refractivity contribution in [2.24, 2.45) is 0 Å². The Kier molecular flexibility index (Phi) is 5.44. The molecule has 0 amide bonds. The fraction of sp³-hybridized carbons (Fsp3) is 0.643. The van der Waals surface area contributed by atoms with Crippen LogP contribution in [0.1, 0.15) is 6.23 Å². The smallest absolute Gasteiger partial charge is 0.387 e. The van der Waals surface area contributed by atoms with Gasteiger partial charge in [-0.05, 0) is 0 Å². The van der Waals surface area contributed by atoms with Crippen molar-refractivity contribution in [1.29, 1.82) is 0 Å². The van der Waals surface area contributed by atoms with Crippen molar-refractivity contribution in [2.75, 3.05) is 44.4 Å². The number of nitrogens with zero attached hydrogens (tertiary/aromatic N) is 5. The SMILES string of the molecule is Nc1ncnc2c1nc(N)n2[C@@H]1O[C@H](COP(=O)(O)N2CCOCC2)[C@@H](O)[C@H]1O. The van der Waals surface area contributed by atoms with Gasteiger partial charge in [-0.25, -0.2) is 24.2 Å². The number of anilines is 2. The molecule has 14 nitrogen and oxygen atoms in total. The average Bonchev–Trinajstić information content (AvgIpc) is 3.18. The Morgan fingerprint density at radius 2 is 1.97 bits per heavy atom. The van der Waals surface area contributed by atoms with Gasteiger partial charge in [0.1, 0.15) is 24.6 Å². The van der Waals surface area contributed by atoms with Gasteiger partial charge in [-0.2, -0.15) is 0 Å². The fourth-order valence-electron chi connectivity index (χ4n) is 3.33. The molecule has 160 valence electrons. The van der Waals surface area contributed by atoms with E-state index in [1.807, 2.05) is 0 Å². The van der Waals surface area contributed by atoms with Crippen LogP contribution in [0.4, 0.5) is 11.8 Å². The molecule has 1 unspecified atom stereocenters. The maximum Gasteiger partial charge on any atom is 0.405 e. The van der Waals surface area contributed by atoms with Crippen LogP contribution in [0.3, 0.4) is 0 Å². The second-order valence-electron chi connectivity index (χ2n) is 6.67. The van der Waals surface area contributed by atoms with Crippen molar-refractivity contribution in [2.45, 2.75) is 24.5 Å². The van der Waals surface area contributed by atoms with Gasteiger partial charge in [-0.1, -0.05) is 0 Å². The first-order chi connectivity index (χ1) is 13.8. The number of nitrogen functional groups attached to an aromatic ring is 2. The van der Waals surface area contributed by atoms with E-state index in [4.69, 9.17) is 25.5 Å². The lowest BCUT2D eigenvalue weighted by molar-refractivity contribution is -0.0497. The summed E-state index contributed by atoms with van der Waals surface area (Å²) in [5.41, 5.74) is 12.1. The molecule has 0 spiro atoms. The number of imidazole rings is 1. The Labute approximate surface area is 164 Å². The van der Waals surface area contributed by atoms with Crippen molar-refractivity contribution >= 4 is 30.7 Å². The first-order valence-electron chi connectivity index (χ1n) is 8.85. The van der Waals surface area contributed by atoms with Gasteiger partial charge < -0.3 is 36.0 Å². The van der Waals surface area contributed by atoms with Gasteiger partial charge in [0.2, 0.25) is 5.95 Å². The Bertz CT molecular complexity index is 936. The van der Waals surface area contributed by atoms with E-state index in [1.54, 1.807) is 0 Å². The molecular formula is C14H22N7O7P. The number of fused-ring (bicyclic) bond motifs is 1. The highest BCUT2D eigenvalue weighted by molar-refractivity contribution is 7.50. The molecule has 2 aromatic heterocycles. The third-order valence-electron chi connectivity index (χ3n) is 4.88. The van der Waals surface area contributed by atoms with Crippen LogP contribution in [0.2, 0.25) is 0 Å². The number of aromatic nitrogens is 4. The second-order valence-corrected chi connectivity index (χ2v) is 8.47. The number of hydrogen-bond donors (Lipinski definition) is 5. The number of ether oxygens (including phenoxy) is 2. The Morgan fingerprint density at radius 1 is 1.24 bits per heavy atom. The van der Waals surface area contributed by atoms with Gasteiger partial charge in [-0.15, -0.1) is 0 Å². The molecule has 4 heterocycles. The van der Waals surface area contributed by atoms with E-state index < -0.39 is 38.9 Å². The average molecular weight is 431 g/mol. The van der Waals surface area contributed by atoms with Crippen molar-refractivity contribution < 1.29 is 33.7 Å². The predicted molar refractivity (Wildman–Crippen MR) is 98.2 cm³/mol. The predicted octanol–water partition coefficient (Wildman–Crippen LogP) is -1.94. The fourth-order valence-corrected chi connectivity index (χ4v) is 4.51. The van der Waals surface area contributed by atoms with Crippen LogP contribution in [-0.2, 0) is 18.6 Å². The van der Waals surface area contributed by atoms with Crippen LogP contribution in [0.25, 0.3) is 11.2 Å². The summed E-state index contributed by atoms with van der Waals surface area (Å²) in [4.78, 5) is 22.1. The second kappa shape index (κ2) is 7.74. The van der Waals surface area contributed by atoms with Gasteiger partial charge in [0.05, 0.1) is 19.8 Å². The number of hydrogen-bond acceptors (Lipinski definition) is 11. The van der Waals surface area contributed by atoms with E-state index in [-0.39, 0.29) is 36.0 Å². The molecule has 0 radical (unpaired) electrons. The summed E-state index contributed by atoms with van der Waals surface area (Å²) in [7, 11) is -4.10. The molecule has 2 saturated heterocycles. The minimum Gasteiger partial charge on any atom is -0.387 e. The molecule has 2 aliphatic heterocycles. The highest BCUT2D eigenvalue weighted by atomic mass is 31.2. The van der Waals surface area contributed by atoms with Gasteiger partial charge in [0.15, 0.2) is 23.2 Å². The van der Waals surface area contributed by atoms with E-state index in [0.717, 1.165) is 0 Å². The molecule has 2 aromatic rings. The zero-order valence-electron chi connectivity index (χ0n) is 15.2. The summed E-state index contributed by atoms with van der Waals surface area (Å²) in [6.07, 6.45) is -3.86. The van der Waals surface area contributed by atoms with Crippen molar-refractivity contribution in [3.8, 4) is 0 Å². The number of aliphatic hydroxyl groups excluding tert-OH is 2. The molecular weight excluding hydrogens is 409 g/mol. The van der Waals surface area contributed by atoms with Crippen molar-refractivity contribution in [1.82, 2.24) is 24.2 Å². The van der Waals surface area contributed by atoms with E-state index in [1.165, 1.54) is 15.6 Å². The van der Waals surface area contributed by atoms with Crippen LogP contribution in [0, 0.1) is 0 Å². The number of rotatable bonds is 5. The van der Waals surface area contributed by atoms with E-state index in [9.17, 15) is 19.7 Å². The molecule has 5 atom stereocenters. The quantitative estimate of drug-likeness (QED) is 0.327. The van der Waals surface area contributed by atoms with Crippen LogP contribution in [0.5, 0.6) is 0 Å². The van der Waals surface area contributed by atoms with E-state index >= 15 is 0 Å². The van der Waals surface area contributed by atoms with Crippen molar-refractivity contribution in [3.63, 3.8) is 0 Å². The zero-order chi connectivity index (χ0) is 20.8. The lowest BCUT2D eigenvalue weighted by Gasteiger charge is -2.30. The molecule has 0 bridgehead atoms. The molecule has 0 saturated carbocycles. The minimum atomic E-state index is -4.10. The van der Waals surface area contributed by atoms with E-state index in [0.29, 0.717) is 13.2 Å². The summed E-state index contributed by atoms with van der Waals surface area (Å²) in [6.45, 7) is 0.686. The normalized spacial score (nSPS) is 30.6. The van der Waals surface area contributed by atoms with Gasteiger partial charge in [0.25, 0.3) is 0 Å². The first-order valence-corrected chi connectivity index (χ1v) is 10.4. The largest absolute Gasteiger partial charge is 0.405 e. The van der Waals surface area contributed by atoms with E-state index in [2.05, 4.69) is 15.0 Å². The molecule has 4 rings (SSSR count). The summed E-state index contributed by atoms with van der Waals surface area (Å²) in [5.74, 6) is 0.0475. The number of aliphatic hydroxyl groups is 2. The molecule has 29 heavy (non-hydrogen) atoms. The molecule has 0 aromatic carbocycles. The Morgan fingerprint density at radius 3 is 2.69 bits per heavy atom. The zero-order valence-corrected chi connectivity index (χ0v) is 16.1. The molecule has 15 heteroatoms. The third-order valence-corrected chi connectivity index (χ3v) is 6.48. The first kappa shape index (κ1) is 20.4. The molecule has 7 N–H and O–H groups in total. The molecule has 2 aliphatic rings. The van der Waals surface area contributed by atoms with Crippen LogP contribution < -0.4 is 11.5 Å². The van der Waals surface area contributed by atoms with Gasteiger partial charge in [0, 0.05) is 13.1 Å². The maximum atomic E-state index is 12.4. The summed E-state index contributed by atoms with van der Waals surface area (Å²) in [6, 6.07) is 0. The Hall–Kier alpha value is -1.90. The highest BCUT2D eigenvalue weighted by Gasteiger charge is 2.46. The Balaban J connectivity index is 1.51. The molecule has 0 aliphatic carbocycles. The monoisotopic (exact) mass is 431 g/mol. The lowest BCUT2D eigenvalue weighted by atomic mass is 10.1.